The lowest BCUT2D eigenvalue weighted by atomic mass is 10.2. The molecule has 2 N–H and O–H groups in total. The minimum atomic E-state index is -6.02. The molecule has 0 aliphatic rings. The Balaban J connectivity index is 5.20. The predicted molar refractivity (Wildman–Crippen MR) is 40.5 cm³/mol. The van der Waals surface area contributed by atoms with Crippen molar-refractivity contribution in [3.05, 3.63) is 0 Å². The van der Waals surface area contributed by atoms with Crippen molar-refractivity contribution in [1.29, 1.82) is 0 Å². The van der Waals surface area contributed by atoms with Crippen LogP contribution in [0.5, 0.6) is 0 Å². The van der Waals surface area contributed by atoms with Crippen LogP contribution in [-0.2, 0) is 4.74 Å². The molecule has 0 heterocycles. The molecule has 0 bridgehead atoms. The summed E-state index contributed by atoms with van der Waals surface area (Å²) in [4.78, 5) is 0. The number of rotatable bonds is 3. The summed E-state index contributed by atoms with van der Waals surface area (Å²) in [5.74, 6) is 0. The molecule has 0 saturated heterocycles. The Morgan fingerprint density at radius 1 is 0.778 bits per heavy atom. The molecule has 0 aliphatic heterocycles. The van der Waals surface area contributed by atoms with Gasteiger partial charge in [0.15, 0.2) is 6.10 Å². The topological polar surface area (TPSA) is 35.2 Å². The summed E-state index contributed by atoms with van der Waals surface area (Å²) in [6.07, 6.45) is -25.4. The lowest BCUT2D eigenvalue weighted by molar-refractivity contribution is -0.355. The summed E-state index contributed by atoms with van der Waals surface area (Å²) in [5, 5.41) is 0. The van der Waals surface area contributed by atoms with E-state index in [1.807, 2.05) is 0 Å². The number of nitrogens with two attached hydrogens (primary N) is 1. The van der Waals surface area contributed by atoms with Crippen LogP contribution in [0.1, 0.15) is 6.92 Å². The van der Waals surface area contributed by atoms with Crippen molar-refractivity contribution in [2.45, 2.75) is 43.7 Å². The molecule has 0 aromatic carbocycles. The first-order chi connectivity index (χ1) is 7.67. The van der Waals surface area contributed by atoms with Gasteiger partial charge in [-0.2, -0.15) is 39.5 Å². The second-order valence-electron chi connectivity index (χ2n) is 3.42. The van der Waals surface area contributed by atoms with Crippen molar-refractivity contribution in [3.8, 4) is 0 Å². The first-order valence-electron chi connectivity index (χ1n) is 4.28. The number of halogens is 9. The van der Waals surface area contributed by atoms with E-state index in [9.17, 15) is 39.5 Å². The van der Waals surface area contributed by atoms with Gasteiger partial charge in [0.2, 0.25) is 6.10 Å². The van der Waals surface area contributed by atoms with Crippen molar-refractivity contribution in [3.63, 3.8) is 0 Å². The van der Waals surface area contributed by atoms with E-state index in [4.69, 9.17) is 0 Å². The van der Waals surface area contributed by atoms with E-state index in [0.29, 0.717) is 6.92 Å². The molecule has 0 fully saturated rings. The summed E-state index contributed by atoms with van der Waals surface area (Å²) >= 11 is 0. The van der Waals surface area contributed by atoms with E-state index in [1.165, 1.54) is 0 Å². The third-order valence-electron chi connectivity index (χ3n) is 1.68. The maximum Gasteiger partial charge on any atom is 0.423 e. The molecule has 2 atom stereocenters. The second-order valence-corrected chi connectivity index (χ2v) is 3.42. The quantitative estimate of drug-likeness (QED) is 0.812. The minimum Gasteiger partial charge on any atom is -0.346 e. The molecule has 0 rings (SSSR count). The molecule has 18 heavy (non-hydrogen) atoms. The number of alkyl halides is 9. The zero-order valence-electron chi connectivity index (χ0n) is 8.62. The largest absolute Gasteiger partial charge is 0.423 e. The highest BCUT2D eigenvalue weighted by atomic mass is 19.4. The van der Waals surface area contributed by atoms with E-state index in [0.717, 1.165) is 0 Å². The highest BCUT2D eigenvalue weighted by Gasteiger charge is 2.61. The van der Waals surface area contributed by atoms with Gasteiger partial charge in [0.05, 0.1) is 0 Å². The molecule has 0 aromatic rings. The normalized spacial score (nSPS) is 18.0. The lowest BCUT2D eigenvalue weighted by Crippen LogP contribution is -2.54. The van der Waals surface area contributed by atoms with Gasteiger partial charge in [0.25, 0.3) is 0 Å². The molecule has 0 radical (unpaired) electrons. The number of hydrogen-bond donors (Lipinski definition) is 1. The summed E-state index contributed by atoms with van der Waals surface area (Å²) < 4.78 is 111. The van der Waals surface area contributed by atoms with Gasteiger partial charge in [-0.1, -0.05) is 0 Å². The zero-order valence-corrected chi connectivity index (χ0v) is 8.62. The van der Waals surface area contributed by atoms with Gasteiger partial charge < -0.3 is 10.5 Å². The highest BCUT2D eigenvalue weighted by molar-refractivity contribution is 4.83. The van der Waals surface area contributed by atoms with Crippen molar-refractivity contribution in [2.75, 3.05) is 0 Å². The van der Waals surface area contributed by atoms with Gasteiger partial charge in [-0.05, 0) is 6.92 Å². The van der Waals surface area contributed by atoms with Crippen LogP contribution in [0.4, 0.5) is 39.5 Å². The molecule has 110 valence electrons. The average Bonchev–Trinajstić information content (AvgIpc) is 1.94. The van der Waals surface area contributed by atoms with Crippen LogP contribution in [0.15, 0.2) is 0 Å². The molecule has 2 unspecified atom stereocenters. The van der Waals surface area contributed by atoms with E-state index < -0.39 is 36.8 Å². The molecular weight excluding hydrogens is 285 g/mol. The summed E-state index contributed by atoms with van der Waals surface area (Å²) in [7, 11) is 0. The Morgan fingerprint density at radius 3 is 1.28 bits per heavy atom. The number of ether oxygens (including phenoxy) is 1. The van der Waals surface area contributed by atoms with Crippen LogP contribution < -0.4 is 5.73 Å². The van der Waals surface area contributed by atoms with Crippen LogP contribution in [0, 0.1) is 0 Å². The second kappa shape index (κ2) is 5.11. The Kier molecular flexibility index (Phi) is 4.91. The first kappa shape index (κ1) is 17.3. The molecule has 2 nitrogen and oxygen atoms in total. The SMILES string of the molecule is CC(N)C(OC(C(F)(F)F)C(F)(F)F)C(F)(F)F. The van der Waals surface area contributed by atoms with Gasteiger partial charge >= 0.3 is 18.5 Å². The Hall–Kier alpha value is -0.710. The van der Waals surface area contributed by atoms with Gasteiger partial charge in [-0.3, -0.25) is 0 Å². The van der Waals surface area contributed by atoms with Crippen molar-refractivity contribution in [2.24, 2.45) is 5.73 Å². The molecule has 0 amide bonds. The van der Waals surface area contributed by atoms with E-state index in [-0.39, 0.29) is 0 Å². The standard InChI is InChI=1S/C7H8F9NO/c1-2(17)3(5(8,9)10)18-4(6(11,12)13)7(14,15)16/h2-4H,17H2,1H3. The fraction of sp³-hybridized carbons (Fsp3) is 1.00. The minimum absolute atomic E-state index is 0.585. The first-order valence-corrected chi connectivity index (χ1v) is 4.28. The monoisotopic (exact) mass is 293 g/mol. The van der Waals surface area contributed by atoms with Crippen molar-refractivity contribution < 1.29 is 44.3 Å². The van der Waals surface area contributed by atoms with Crippen molar-refractivity contribution in [1.82, 2.24) is 0 Å². The molecule has 0 aliphatic carbocycles. The van der Waals surface area contributed by atoms with E-state index >= 15 is 0 Å². The fourth-order valence-corrected chi connectivity index (χ4v) is 0.986. The van der Waals surface area contributed by atoms with Crippen molar-refractivity contribution >= 4 is 0 Å². The molecular formula is C7H8F9NO. The van der Waals surface area contributed by atoms with Gasteiger partial charge in [0.1, 0.15) is 0 Å². The summed E-state index contributed by atoms with van der Waals surface area (Å²) in [6, 6.07) is -2.09. The summed E-state index contributed by atoms with van der Waals surface area (Å²) in [6.45, 7) is 0.585. The third-order valence-corrected chi connectivity index (χ3v) is 1.68. The fourth-order valence-electron chi connectivity index (χ4n) is 0.986. The Bertz CT molecular complexity index is 252. The van der Waals surface area contributed by atoms with Gasteiger partial charge in [0, 0.05) is 6.04 Å². The highest BCUT2D eigenvalue weighted by Crippen LogP contribution is 2.38. The van der Waals surface area contributed by atoms with Crippen LogP contribution in [0.2, 0.25) is 0 Å². The van der Waals surface area contributed by atoms with Crippen LogP contribution in [0.3, 0.4) is 0 Å². The molecule has 0 saturated carbocycles. The van der Waals surface area contributed by atoms with Crippen LogP contribution in [-0.4, -0.2) is 36.8 Å². The average molecular weight is 293 g/mol. The third kappa shape index (κ3) is 4.88. The smallest absolute Gasteiger partial charge is 0.346 e. The molecule has 11 heteroatoms. The Morgan fingerprint density at radius 2 is 1.11 bits per heavy atom. The lowest BCUT2D eigenvalue weighted by Gasteiger charge is -2.30. The van der Waals surface area contributed by atoms with E-state index in [2.05, 4.69) is 10.5 Å². The predicted octanol–water partition coefficient (Wildman–Crippen LogP) is 2.77. The van der Waals surface area contributed by atoms with Crippen LogP contribution >= 0.6 is 0 Å². The van der Waals surface area contributed by atoms with Gasteiger partial charge in [-0.25, -0.2) is 0 Å². The number of hydrogen-bond acceptors (Lipinski definition) is 2. The van der Waals surface area contributed by atoms with Crippen LogP contribution in [0.25, 0.3) is 0 Å². The zero-order chi connectivity index (χ0) is 14.9. The Labute approximate surface area is 94.9 Å². The van der Waals surface area contributed by atoms with E-state index in [1.54, 1.807) is 0 Å². The molecule has 0 aromatic heterocycles. The summed E-state index contributed by atoms with van der Waals surface area (Å²) in [5.41, 5.74) is 4.68. The van der Waals surface area contributed by atoms with Gasteiger partial charge in [-0.15, -0.1) is 0 Å². The molecule has 0 spiro atoms. The maximum absolute atomic E-state index is 12.2. The maximum atomic E-state index is 12.2.